The molecule has 1 aromatic heterocycles. The van der Waals surface area contributed by atoms with Gasteiger partial charge in [0, 0.05) is 38.8 Å². The number of aliphatic hydroxyl groups excluding tert-OH is 1. The highest BCUT2D eigenvalue weighted by Crippen LogP contribution is 2.33. The molecular weight excluding hydrogens is 779 g/mol. The Morgan fingerprint density at radius 1 is 0.966 bits per heavy atom. The number of carbonyl (C=O) groups excluding carboxylic acids is 8. The summed E-state index contributed by atoms with van der Waals surface area (Å²) in [6, 6.07) is 9.23. The molecule has 6 rings (SSSR count). The van der Waals surface area contributed by atoms with E-state index in [4.69, 9.17) is 0 Å². The van der Waals surface area contributed by atoms with Gasteiger partial charge < -0.3 is 26.0 Å². The van der Waals surface area contributed by atoms with E-state index in [1.54, 1.807) is 16.8 Å². The zero-order valence-electron chi connectivity index (χ0n) is 33.5. The van der Waals surface area contributed by atoms with E-state index in [1.165, 1.54) is 23.1 Å². The van der Waals surface area contributed by atoms with Crippen LogP contribution in [0.15, 0.2) is 48.0 Å². The van der Waals surface area contributed by atoms with E-state index in [9.17, 15) is 43.5 Å². The van der Waals surface area contributed by atoms with E-state index in [0.717, 1.165) is 26.6 Å². The largest absolute Gasteiger partial charge is 0.391 e. The Labute approximate surface area is 345 Å². The summed E-state index contributed by atoms with van der Waals surface area (Å²) in [7, 11) is 0. The molecule has 0 bridgehead atoms. The molecule has 17 heteroatoms. The number of aliphatic hydroxyl groups is 1. The number of rotatable bonds is 14. The number of piperidine rings is 1. The maximum Gasteiger partial charge on any atom is 0.264 e. The van der Waals surface area contributed by atoms with E-state index in [0.29, 0.717) is 19.3 Å². The second kappa shape index (κ2) is 18.0. The highest BCUT2D eigenvalue weighted by atomic mass is 32.1. The van der Waals surface area contributed by atoms with Crippen molar-refractivity contribution in [2.45, 2.75) is 110 Å². The van der Waals surface area contributed by atoms with Gasteiger partial charge in [0.2, 0.25) is 35.4 Å². The minimum absolute atomic E-state index is 0.0109. The van der Waals surface area contributed by atoms with E-state index >= 15 is 0 Å². The van der Waals surface area contributed by atoms with Gasteiger partial charge in [-0.25, -0.2) is 4.98 Å². The second-order valence-corrected chi connectivity index (χ2v) is 17.1. The highest BCUT2D eigenvalue weighted by Gasteiger charge is 2.46. The number of benzene rings is 2. The van der Waals surface area contributed by atoms with Crippen LogP contribution in [-0.4, -0.2) is 97.9 Å². The predicted octanol–water partition coefficient (Wildman–Crippen LogP) is 3.22. The Morgan fingerprint density at radius 2 is 1.68 bits per heavy atom. The van der Waals surface area contributed by atoms with Crippen LogP contribution in [0.25, 0.3) is 10.4 Å². The minimum atomic E-state index is -1.13. The number of aromatic nitrogens is 1. The molecular formula is C42H49N7O9S. The number of nitrogens with one attached hydrogen (secondary N) is 4. The number of aryl methyl sites for hydroxylation is 1. The fraction of sp³-hybridized carbons (Fsp3) is 0.452. The summed E-state index contributed by atoms with van der Waals surface area (Å²) < 4.78 is 0. The van der Waals surface area contributed by atoms with Crippen LogP contribution in [0.4, 0.5) is 5.69 Å². The van der Waals surface area contributed by atoms with Gasteiger partial charge >= 0.3 is 0 Å². The third kappa shape index (κ3) is 9.74. The molecule has 8 amide bonds. The molecule has 0 radical (unpaired) electrons. The fourth-order valence-electron chi connectivity index (χ4n) is 7.59. The van der Waals surface area contributed by atoms with Gasteiger partial charge in [0.05, 0.1) is 39.0 Å². The van der Waals surface area contributed by atoms with Gasteiger partial charge in [0.25, 0.3) is 11.8 Å². The number of likely N-dealkylation sites (tertiary alicyclic amines) is 1. The van der Waals surface area contributed by atoms with Crippen molar-refractivity contribution >= 4 is 64.3 Å². The first-order valence-electron chi connectivity index (χ1n) is 19.7. The lowest BCUT2D eigenvalue weighted by atomic mass is 9.85. The molecule has 2 aromatic carbocycles. The van der Waals surface area contributed by atoms with Crippen LogP contribution in [0, 0.1) is 12.3 Å². The van der Waals surface area contributed by atoms with Gasteiger partial charge in [-0.2, -0.15) is 0 Å². The number of hydrogen-bond acceptors (Lipinski definition) is 11. The summed E-state index contributed by atoms with van der Waals surface area (Å²) in [5, 5.41) is 21.1. The second-order valence-electron chi connectivity index (χ2n) is 16.2. The molecule has 3 aliphatic heterocycles. The van der Waals surface area contributed by atoms with Crippen molar-refractivity contribution in [3.8, 4) is 10.4 Å². The lowest BCUT2D eigenvalue weighted by molar-refractivity contribution is -0.144. The molecule has 2 fully saturated rings. The first-order chi connectivity index (χ1) is 28.0. The number of amides is 8. The zero-order chi connectivity index (χ0) is 42.6. The maximum atomic E-state index is 14.0. The SMILES string of the molecule is Cc1ncsc1-c1ccc(CNC(=O)C2CC(O)CN2C(=O)C(NC(=O)CCCCCC(=O)Nc2cccc3c2C(=O)N(C2CCC(=O)NC2=O)C3=O)C(C)(C)C)cc1. The van der Waals surface area contributed by atoms with Gasteiger partial charge in [-0.15, -0.1) is 11.3 Å². The number of carbonyl (C=O) groups is 8. The number of hydrogen-bond donors (Lipinski definition) is 5. The normalized spacial score (nSPS) is 19.6. The Hall–Kier alpha value is -5.81. The molecule has 59 heavy (non-hydrogen) atoms. The summed E-state index contributed by atoms with van der Waals surface area (Å²) in [6.07, 6.45) is 0.626. The van der Waals surface area contributed by atoms with Crippen molar-refractivity contribution in [3.63, 3.8) is 0 Å². The van der Waals surface area contributed by atoms with Crippen LogP contribution in [0.1, 0.15) is 104 Å². The van der Waals surface area contributed by atoms with Crippen LogP contribution in [0.3, 0.4) is 0 Å². The summed E-state index contributed by atoms with van der Waals surface area (Å²) in [5.74, 6) is -4.25. The number of imide groups is 2. The maximum absolute atomic E-state index is 14.0. The van der Waals surface area contributed by atoms with E-state index in [-0.39, 0.29) is 67.9 Å². The molecule has 2 saturated heterocycles. The molecule has 0 saturated carbocycles. The highest BCUT2D eigenvalue weighted by molar-refractivity contribution is 7.13. The number of thiazole rings is 1. The van der Waals surface area contributed by atoms with Crippen LogP contribution < -0.4 is 21.3 Å². The van der Waals surface area contributed by atoms with Crippen molar-refractivity contribution in [1.29, 1.82) is 0 Å². The van der Waals surface area contributed by atoms with Crippen molar-refractivity contribution in [2.24, 2.45) is 5.41 Å². The fourth-order valence-corrected chi connectivity index (χ4v) is 8.40. The summed E-state index contributed by atoms with van der Waals surface area (Å²) in [4.78, 5) is 111. The lowest BCUT2D eigenvalue weighted by Gasteiger charge is -2.35. The zero-order valence-corrected chi connectivity index (χ0v) is 34.3. The summed E-state index contributed by atoms with van der Waals surface area (Å²) in [6.45, 7) is 7.57. The van der Waals surface area contributed by atoms with Gasteiger partial charge in [0.1, 0.15) is 18.1 Å². The van der Waals surface area contributed by atoms with Gasteiger partial charge in [0.15, 0.2) is 0 Å². The topological polar surface area (TPSA) is 224 Å². The molecule has 3 aliphatic rings. The van der Waals surface area contributed by atoms with Crippen molar-refractivity contribution in [3.05, 3.63) is 70.4 Å². The molecule has 3 aromatic rings. The Morgan fingerprint density at radius 3 is 2.34 bits per heavy atom. The van der Waals surface area contributed by atoms with Crippen LogP contribution >= 0.6 is 11.3 Å². The molecule has 5 N–H and O–H groups in total. The van der Waals surface area contributed by atoms with Crippen molar-refractivity contribution in [2.75, 3.05) is 11.9 Å². The molecule has 0 spiro atoms. The Kier molecular flexibility index (Phi) is 13.0. The quantitative estimate of drug-likeness (QED) is 0.118. The summed E-state index contributed by atoms with van der Waals surface area (Å²) >= 11 is 1.56. The Balaban J connectivity index is 0.965. The first kappa shape index (κ1) is 42.8. The van der Waals surface area contributed by atoms with Gasteiger partial charge in [-0.05, 0) is 54.9 Å². The average Bonchev–Trinajstić information content (AvgIpc) is 3.87. The monoisotopic (exact) mass is 827 g/mol. The number of anilines is 1. The first-order valence-corrected chi connectivity index (χ1v) is 20.6. The van der Waals surface area contributed by atoms with E-state index in [1.807, 2.05) is 52.0 Å². The molecule has 4 atom stereocenters. The van der Waals surface area contributed by atoms with Crippen LogP contribution in [0.5, 0.6) is 0 Å². The molecule has 312 valence electrons. The summed E-state index contributed by atoms with van der Waals surface area (Å²) in [5.41, 5.74) is 4.09. The lowest BCUT2D eigenvalue weighted by Crippen LogP contribution is -2.57. The van der Waals surface area contributed by atoms with Gasteiger partial charge in [-0.3, -0.25) is 48.6 Å². The minimum Gasteiger partial charge on any atom is -0.391 e. The smallest absolute Gasteiger partial charge is 0.264 e. The third-order valence-electron chi connectivity index (χ3n) is 10.8. The number of nitrogens with zero attached hydrogens (tertiary/aromatic N) is 3. The van der Waals surface area contributed by atoms with Crippen molar-refractivity contribution in [1.82, 2.24) is 30.7 Å². The predicted molar refractivity (Wildman–Crippen MR) is 216 cm³/mol. The number of unbranched alkanes of at least 4 members (excludes halogenated alkanes) is 2. The van der Waals surface area contributed by atoms with Crippen molar-refractivity contribution < 1.29 is 43.5 Å². The van der Waals surface area contributed by atoms with Gasteiger partial charge in [-0.1, -0.05) is 57.5 Å². The van der Waals surface area contributed by atoms with E-state index < -0.39 is 71.0 Å². The van der Waals surface area contributed by atoms with E-state index in [2.05, 4.69) is 26.3 Å². The number of fused-ring (bicyclic) bond motifs is 1. The number of β-amino-alcohol motifs (C(OH)–C–C–N with tert-alkyl or cyclic N) is 1. The standard InChI is InChI=1S/C42H49N7O9S/c1-23-35(59-22-44-23)25-15-13-24(14-16-25)20-43-37(54)30-19-26(50)21-48(30)41(58)36(42(2,3)4)46-32(52)12-7-5-6-11-31(51)45-28-10-8-9-27-34(28)40(57)49(39(27)56)29-17-18-33(53)47-38(29)55/h8-10,13-16,22,26,29-30,36,50H,5-7,11-12,17-21H2,1-4H3,(H,43,54)(H,45,51)(H,46,52)(H,47,53,55). The molecule has 4 unspecified atom stereocenters. The molecule has 4 heterocycles. The third-order valence-corrected chi connectivity index (χ3v) is 11.7. The molecule has 0 aliphatic carbocycles. The Bertz CT molecular complexity index is 2160. The average molecular weight is 828 g/mol. The van der Waals surface area contributed by atoms with Crippen LogP contribution in [0.2, 0.25) is 0 Å². The molecule has 16 nitrogen and oxygen atoms in total. The van der Waals surface area contributed by atoms with Crippen LogP contribution in [-0.2, 0) is 35.3 Å².